The van der Waals surface area contributed by atoms with Crippen molar-refractivity contribution in [1.82, 2.24) is 34.9 Å². The number of rotatable bonds is 9. The van der Waals surface area contributed by atoms with Crippen LogP contribution < -0.4 is 0 Å². The van der Waals surface area contributed by atoms with Crippen molar-refractivity contribution in [1.29, 1.82) is 0 Å². The molecule has 135 heavy (non-hydrogen) atoms. The summed E-state index contributed by atoms with van der Waals surface area (Å²) in [5, 5.41) is 29.8. The normalized spacial score (nSPS) is 10.7. The first-order chi connectivity index (χ1) is 63.5. The van der Waals surface area contributed by atoms with E-state index in [1.165, 1.54) is 83.3 Å². The van der Waals surface area contributed by atoms with E-state index in [1.807, 2.05) is 339 Å². The topological polar surface area (TPSA) is 177 Å². The summed E-state index contributed by atoms with van der Waals surface area (Å²) in [7, 11) is 0. The smallest absolute Gasteiger partial charge is 0.354 e. The Kier molecular flexibility index (Phi) is 44.0. The summed E-state index contributed by atoms with van der Waals surface area (Å²) in [6, 6.07) is 149. The third-order valence-corrected chi connectivity index (χ3v) is 20.4. The first-order valence-corrected chi connectivity index (χ1v) is 42.6. The number of nitrogens with zero attached hydrogens (tertiary/aromatic N) is 8. The molecular weight excluding hydrogens is 2550 g/mol. The molecule has 0 saturated heterocycles. The van der Waals surface area contributed by atoms with Crippen LogP contribution in [-0.2, 0) is 112 Å². The number of aromatic carboxylic acids is 1. The van der Waals surface area contributed by atoms with Gasteiger partial charge in [-0.15, -0.1) is 245 Å². The molecule has 2 N–H and O–H groups in total. The number of carbonyl (C=O) groups excluding carboxylic acids is 1. The molecule has 12 nitrogen and oxygen atoms in total. The standard InChI is InChI=1S/C15H10N.C15H12N.4C15H10N.C11H8N.C11H20O2.C6H5NO2.5Ir/c1-2-8-13-12(6-1)7-5-9-14(13)15-10-3-4-11-16-15;5*1-2-7-13(8-3-1)15-14-9-5-4-6-12(14)10-11-16-15;1-2-6-10(7-3-1)11-8-4-5-9-12-11;1-10(2,3)8(12)7-9(13)11(4,5)6;8-6(9)5-3-1-2-4-7-5;;;;;/h1-8,10-11H;1-7,9H,10-11H2;4*1-7,9-11H;1-6,8-9H;7,12H,1-6H3;1-4H,(H,8,9);;;;;/q7*-1;;;;;;;. The van der Waals surface area contributed by atoms with Gasteiger partial charge < -0.3 is 45.1 Å². The number of aliphatic hydroxyl groups excluding tert-OH is 1. The molecule has 17 heteroatoms. The van der Waals surface area contributed by atoms with E-state index in [9.17, 15) is 14.7 Å². The van der Waals surface area contributed by atoms with Crippen molar-refractivity contribution in [2.75, 3.05) is 6.54 Å². The average Bonchev–Trinajstić information content (AvgIpc) is 0.830. The number of benzene rings is 13. The molecule has 21 rings (SSSR count). The summed E-state index contributed by atoms with van der Waals surface area (Å²) in [6.07, 6.45) is 14.8. The third kappa shape index (κ3) is 31.5. The van der Waals surface area contributed by atoms with Crippen molar-refractivity contribution >= 4 is 71.3 Å². The minimum Gasteiger partial charge on any atom is -0.512 e. The second kappa shape index (κ2) is 55.5. The molecule has 7 aromatic heterocycles. The Morgan fingerprint density at radius 2 is 0.615 bits per heavy atom. The molecule has 5 radical (unpaired) electrons. The van der Waals surface area contributed by atoms with Crippen molar-refractivity contribution in [3.8, 4) is 67.5 Å². The number of pyridine rings is 7. The number of hydrogen-bond donors (Lipinski definition) is 2. The van der Waals surface area contributed by atoms with Crippen molar-refractivity contribution in [3.05, 3.63) is 502 Å². The summed E-state index contributed by atoms with van der Waals surface area (Å²) in [6.45, 7) is 12.0. The van der Waals surface area contributed by atoms with Gasteiger partial charge in [0.2, 0.25) is 0 Å². The Bertz CT molecular complexity index is 6330. The number of fused-ring (bicyclic) bond motifs is 6. The van der Waals surface area contributed by atoms with E-state index in [-0.39, 0.29) is 123 Å². The predicted octanol–water partition coefficient (Wildman–Crippen LogP) is 27.8. The molecule has 0 unspecified atom stereocenters. The summed E-state index contributed by atoms with van der Waals surface area (Å²) >= 11 is 0. The number of hydrogen-bond acceptors (Lipinski definition) is 11. The number of carbonyl (C=O) groups is 2. The van der Waals surface area contributed by atoms with Gasteiger partial charge in [0.05, 0.1) is 0 Å². The van der Waals surface area contributed by atoms with Gasteiger partial charge in [-0.3, -0.25) is 4.79 Å². The maximum atomic E-state index is 11.5. The van der Waals surface area contributed by atoms with Crippen molar-refractivity contribution < 1.29 is 120 Å². The second-order valence-electron chi connectivity index (χ2n) is 31.6. The van der Waals surface area contributed by atoms with Crippen molar-refractivity contribution in [2.45, 2.75) is 48.0 Å². The van der Waals surface area contributed by atoms with Gasteiger partial charge in [-0.25, -0.2) is 9.78 Å². The van der Waals surface area contributed by atoms with Gasteiger partial charge in [0.1, 0.15) is 11.5 Å². The Hall–Kier alpha value is -13.2. The van der Waals surface area contributed by atoms with Crippen LogP contribution in [0.15, 0.2) is 442 Å². The van der Waals surface area contributed by atoms with Crippen molar-refractivity contribution in [2.24, 2.45) is 15.8 Å². The molecule has 20 aromatic rings. The largest absolute Gasteiger partial charge is 0.512 e. The third-order valence-electron chi connectivity index (χ3n) is 20.4. The van der Waals surface area contributed by atoms with E-state index in [4.69, 9.17) is 5.11 Å². The van der Waals surface area contributed by atoms with E-state index in [0.717, 1.165) is 91.8 Å². The first-order valence-electron chi connectivity index (χ1n) is 42.6. The van der Waals surface area contributed by atoms with Gasteiger partial charge in [-0.05, 0) is 149 Å². The van der Waals surface area contributed by atoms with E-state index in [0.29, 0.717) is 0 Å². The Morgan fingerprint density at radius 1 is 0.289 bits per heavy atom. The molecule has 13 aromatic carbocycles. The van der Waals surface area contributed by atoms with E-state index in [2.05, 4.69) is 179 Å². The number of carboxylic acids is 1. The van der Waals surface area contributed by atoms with Gasteiger partial charge in [-0.1, -0.05) is 223 Å². The summed E-state index contributed by atoms with van der Waals surface area (Å²) in [4.78, 5) is 56.2. The molecule has 8 heterocycles. The quantitative estimate of drug-likeness (QED) is 0.0798. The fourth-order valence-electron chi connectivity index (χ4n) is 13.6. The van der Waals surface area contributed by atoms with E-state index < -0.39 is 11.4 Å². The summed E-state index contributed by atoms with van der Waals surface area (Å²) in [5.74, 6) is -0.886. The molecule has 683 valence electrons. The Balaban J connectivity index is 0.000000187. The van der Waals surface area contributed by atoms with Crippen LogP contribution in [-0.4, -0.2) is 69.1 Å². The van der Waals surface area contributed by atoms with Crippen LogP contribution in [0.4, 0.5) is 0 Å². The van der Waals surface area contributed by atoms with Crippen LogP contribution in [0.5, 0.6) is 0 Å². The first kappa shape index (κ1) is 107. The fraction of sp³-hybridized carbons (Fsp3) is 0.0847. The minimum absolute atomic E-state index is 0. The predicted molar refractivity (Wildman–Crippen MR) is 530 cm³/mol. The van der Waals surface area contributed by atoms with Crippen molar-refractivity contribution in [3.63, 3.8) is 0 Å². The van der Waals surface area contributed by atoms with Gasteiger partial charge in [0, 0.05) is 167 Å². The zero-order valence-electron chi connectivity index (χ0n) is 74.9. The van der Waals surface area contributed by atoms with Gasteiger partial charge >= 0.3 is 5.97 Å². The molecular formula is C118H95Ir5N8O4-7. The fourth-order valence-corrected chi connectivity index (χ4v) is 13.6. The maximum absolute atomic E-state index is 11.5. The van der Waals surface area contributed by atoms with E-state index in [1.54, 1.807) is 18.3 Å². The van der Waals surface area contributed by atoms with Gasteiger partial charge in [0.25, 0.3) is 0 Å². The SMILES string of the molecule is CC(C)(C)C(=O)C=C(O)C(C)(C)C.O=C(O)c1ccccn1.[Ir].[Ir].[Ir].[Ir].[Ir].[c-]1ccc2ccccc2c1-c1ccccn1.[c-]1ccccc1-c1ccccn1.[c-]1ccccc1-c1nccc2ccccc12.[c-]1ccccc1-c1nccc2ccccc12.[c-]1ccccc1-c1nccc2ccccc12.[c-]1ccccc1-c1nccc2ccccc12.[c-]1ccccc1C1=NCCc2ccccc21. The van der Waals surface area contributed by atoms with Gasteiger partial charge in [0.15, 0.2) is 5.78 Å². The summed E-state index contributed by atoms with van der Waals surface area (Å²) in [5.41, 5.74) is 16.4. The molecule has 1 aliphatic heterocycles. The number of aromatic nitrogens is 7. The number of allylic oxidation sites excluding steroid dienone is 2. The molecule has 0 aliphatic carbocycles. The molecule has 0 bridgehead atoms. The molecule has 0 spiro atoms. The van der Waals surface area contributed by atoms with Crippen LogP contribution in [0.3, 0.4) is 0 Å². The van der Waals surface area contributed by atoms with Crippen LogP contribution in [0.25, 0.3) is 121 Å². The molecule has 0 amide bonds. The van der Waals surface area contributed by atoms with Gasteiger partial charge in [-0.2, -0.15) is 0 Å². The maximum Gasteiger partial charge on any atom is 0.354 e. The molecule has 0 atom stereocenters. The zero-order valence-corrected chi connectivity index (χ0v) is 86.8. The number of ketones is 1. The molecule has 0 saturated carbocycles. The molecule has 1 aliphatic rings. The van der Waals surface area contributed by atoms with Crippen LogP contribution in [0.1, 0.15) is 68.7 Å². The van der Waals surface area contributed by atoms with Crippen LogP contribution in [0, 0.1) is 53.3 Å². The Morgan fingerprint density at radius 3 is 0.956 bits per heavy atom. The summed E-state index contributed by atoms with van der Waals surface area (Å²) < 4.78 is 0. The van der Waals surface area contributed by atoms with E-state index >= 15 is 0 Å². The monoisotopic (exact) mass is 2650 g/mol. The number of aliphatic imine (C=N–C) groups is 1. The minimum atomic E-state index is -0.990. The zero-order chi connectivity index (χ0) is 90.5. The van der Waals surface area contributed by atoms with Crippen LogP contribution >= 0.6 is 0 Å². The number of carboxylic acid groups (broad SMARTS) is 1. The second-order valence-corrected chi connectivity index (χ2v) is 31.6. The average molecular weight is 2650 g/mol. The molecule has 0 fully saturated rings. The Labute approximate surface area is 858 Å². The number of aliphatic hydroxyl groups is 1. The van der Waals surface area contributed by atoms with Crippen LogP contribution in [0.2, 0.25) is 0 Å².